The molecule has 0 N–H and O–H groups in total. The van der Waals surface area contributed by atoms with Crippen molar-refractivity contribution in [1.82, 2.24) is 0 Å². The largest absolute Gasteiger partial charge is 0.496 e. The summed E-state index contributed by atoms with van der Waals surface area (Å²) in [4.78, 5) is 27.1. The minimum Gasteiger partial charge on any atom is -0.496 e. The van der Waals surface area contributed by atoms with Gasteiger partial charge in [-0.3, -0.25) is 4.79 Å². The minimum absolute atomic E-state index is 0.370. The summed E-state index contributed by atoms with van der Waals surface area (Å²) in [6.07, 6.45) is 1.59. The van der Waals surface area contributed by atoms with Crippen LogP contribution in [0.1, 0.15) is 26.3 Å². The molecule has 166 valence electrons. The molecular weight excluding hydrogens is 456 g/mol. The number of benzene rings is 2. The zero-order valence-electron chi connectivity index (χ0n) is 18.0. The maximum absolute atomic E-state index is 12.9. The first kappa shape index (κ1) is 21.4. The van der Waals surface area contributed by atoms with Gasteiger partial charge in [0.2, 0.25) is 0 Å². The average Bonchev–Trinajstić information content (AvgIpc) is 3.52. The molecule has 0 unspecified atom stereocenters. The Hall–Kier alpha value is -3.42. The highest BCUT2D eigenvalue weighted by atomic mass is 32.1. The predicted molar refractivity (Wildman–Crippen MR) is 131 cm³/mol. The molecule has 0 atom stereocenters. The second-order valence-electron chi connectivity index (χ2n) is 7.49. The molecule has 0 amide bonds. The summed E-state index contributed by atoms with van der Waals surface area (Å²) in [7, 11) is 2.95. The number of fused-ring (bicyclic) bond motifs is 3. The van der Waals surface area contributed by atoms with Crippen molar-refractivity contribution in [2.24, 2.45) is 0 Å². The molecule has 3 heterocycles. The summed E-state index contributed by atoms with van der Waals surface area (Å²) in [5, 5.41) is 4.02. The maximum atomic E-state index is 12.9. The van der Waals surface area contributed by atoms with Gasteiger partial charge in [0.1, 0.15) is 11.5 Å². The van der Waals surface area contributed by atoms with Gasteiger partial charge in [0.25, 0.3) is 0 Å². The molecule has 1 aliphatic rings. The van der Waals surface area contributed by atoms with Gasteiger partial charge in [0.05, 0.1) is 26.4 Å². The van der Waals surface area contributed by atoms with Gasteiger partial charge in [0.15, 0.2) is 6.29 Å². The number of thiophene rings is 2. The number of aldehydes is 1. The number of carbonyl (C=O) groups is 2. The molecular formula is C26H20O5S2. The number of hydrogen-bond donors (Lipinski definition) is 0. The lowest BCUT2D eigenvalue weighted by atomic mass is 9.91. The second-order valence-corrected chi connectivity index (χ2v) is 9.36. The summed E-state index contributed by atoms with van der Waals surface area (Å²) in [6.45, 7) is 0.537. The highest BCUT2D eigenvalue weighted by Crippen LogP contribution is 2.45. The Bertz CT molecular complexity index is 1350. The summed E-state index contributed by atoms with van der Waals surface area (Å²) in [5.74, 6) is 0.815. The van der Waals surface area contributed by atoms with E-state index in [9.17, 15) is 9.59 Å². The Balaban J connectivity index is 1.77. The Morgan fingerprint density at radius 3 is 2.61 bits per heavy atom. The lowest BCUT2D eigenvalue weighted by molar-refractivity contribution is 0.0601. The Kier molecular flexibility index (Phi) is 5.74. The van der Waals surface area contributed by atoms with Crippen LogP contribution in [0.2, 0.25) is 0 Å². The van der Waals surface area contributed by atoms with Gasteiger partial charge in [-0.15, -0.1) is 22.7 Å². The van der Waals surface area contributed by atoms with Crippen LogP contribution < -0.4 is 9.47 Å². The monoisotopic (exact) mass is 476 g/mol. The molecule has 0 spiro atoms. The molecule has 2 aromatic carbocycles. The van der Waals surface area contributed by atoms with E-state index in [2.05, 4.69) is 6.07 Å². The average molecular weight is 477 g/mol. The van der Waals surface area contributed by atoms with E-state index in [4.69, 9.17) is 14.2 Å². The van der Waals surface area contributed by atoms with E-state index >= 15 is 0 Å². The fourth-order valence-electron chi connectivity index (χ4n) is 4.14. The van der Waals surface area contributed by atoms with Gasteiger partial charge in [-0.1, -0.05) is 6.07 Å². The van der Waals surface area contributed by atoms with E-state index in [1.165, 1.54) is 12.7 Å². The smallest absolute Gasteiger partial charge is 0.338 e. The van der Waals surface area contributed by atoms with Gasteiger partial charge >= 0.3 is 5.97 Å². The quantitative estimate of drug-likeness (QED) is 0.248. The topological polar surface area (TPSA) is 61.8 Å². The summed E-state index contributed by atoms with van der Waals surface area (Å²) in [6, 6.07) is 13.3. The number of ether oxygens (including phenoxy) is 3. The van der Waals surface area contributed by atoms with Gasteiger partial charge in [-0.2, -0.15) is 0 Å². The van der Waals surface area contributed by atoms with Crippen LogP contribution in [0.4, 0.5) is 0 Å². The fourth-order valence-corrected chi connectivity index (χ4v) is 5.86. The molecule has 5 rings (SSSR count). The Morgan fingerprint density at radius 2 is 1.88 bits per heavy atom. The van der Waals surface area contributed by atoms with E-state index in [1.807, 2.05) is 35.0 Å². The van der Waals surface area contributed by atoms with Crippen LogP contribution in [-0.4, -0.2) is 33.1 Å². The first-order chi connectivity index (χ1) is 16.1. The van der Waals surface area contributed by atoms with Gasteiger partial charge < -0.3 is 14.2 Å². The number of rotatable bonds is 5. The Morgan fingerprint density at radius 1 is 1.00 bits per heavy atom. The normalized spacial score (nSPS) is 12.2. The molecule has 4 aromatic rings. The first-order valence-corrected chi connectivity index (χ1v) is 12.1. The van der Waals surface area contributed by atoms with Gasteiger partial charge in [-0.05, 0) is 58.3 Å². The molecule has 0 fully saturated rings. The van der Waals surface area contributed by atoms with Crippen molar-refractivity contribution < 1.29 is 23.8 Å². The highest BCUT2D eigenvalue weighted by Gasteiger charge is 2.25. The highest BCUT2D eigenvalue weighted by molar-refractivity contribution is 7.14. The van der Waals surface area contributed by atoms with Gasteiger partial charge in [-0.25, -0.2) is 4.79 Å². The van der Waals surface area contributed by atoms with E-state index < -0.39 is 5.97 Å². The van der Waals surface area contributed by atoms with Gasteiger partial charge in [0, 0.05) is 38.4 Å². The number of esters is 1. The minimum atomic E-state index is -0.478. The van der Waals surface area contributed by atoms with E-state index in [-0.39, 0.29) is 0 Å². The third-order valence-electron chi connectivity index (χ3n) is 5.72. The zero-order chi connectivity index (χ0) is 22.9. The lowest BCUT2D eigenvalue weighted by Gasteiger charge is -2.17. The first-order valence-electron chi connectivity index (χ1n) is 10.3. The van der Waals surface area contributed by atoms with Crippen LogP contribution in [0.5, 0.6) is 11.5 Å². The van der Waals surface area contributed by atoms with Crippen molar-refractivity contribution in [2.75, 3.05) is 20.8 Å². The fraction of sp³-hybridized carbons (Fsp3) is 0.154. The van der Waals surface area contributed by atoms with Crippen molar-refractivity contribution in [1.29, 1.82) is 0 Å². The van der Waals surface area contributed by atoms with E-state index in [0.29, 0.717) is 40.4 Å². The standard InChI is InChI=1S/C26H20O5S2/c1-29-22-12-17(16(14-27)10-20(22)24-4-3-8-32-24)18-13-23-21(11-19(18)26(28)30-2)25-15(5-7-31-23)6-9-33-25/h3-4,6,8-14H,5,7H2,1-2H3. The number of methoxy groups -OCH3 is 2. The molecule has 0 aliphatic carbocycles. The molecule has 0 bridgehead atoms. The van der Waals surface area contributed by atoms with Crippen LogP contribution in [0.15, 0.2) is 53.2 Å². The molecule has 0 saturated carbocycles. The van der Waals surface area contributed by atoms with Crippen LogP contribution in [0.25, 0.3) is 32.0 Å². The van der Waals surface area contributed by atoms with Crippen molar-refractivity contribution in [3.63, 3.8) is 0 Å². The van der Waals surface area contributed by atoms with Crippen LogP contribution in [-0.2, 0) is 11.2 Å². The third kappa shape index (κ3) is 3.73. The summed E-state index contributed by atoms with van der Waals surface area (Å²) < 4.78 is 16.8. The molecule has 2 aromatic heterocycles. The summed E-state index contributed by atoms with van der Waals surface area (Å²) >= 11 is 3.18. The molecule has 5 nitrogen and oxygen atoms in total. The molecule has 0 radical (unpaired) electrons. The van der Waals surface area contributed by atoms with Crippen LogP contribution in [0, 0.1) is 0 Å². The summed E-state index contributed by atoms with van der Waals surface area (Å²) in [5.41, 5.74) is 4.86. The predicted octanol–water partition coefficient (Wildman–Crippen LogP) is 6.35. The van der Waals surface area contributed by atoms with Crippen molar-refractivity contribution in [2.45, 2.75) is 6.42 Å². The number of hydrogen-bond acceptors (Lipinski definition) is 7. The molecule has 7 heteroatoms. The maximum Gasteiger partial charge on any atom is 0.338 e. The molecule has 1 aliphatic heterocycles. The molecule has 0 saturated heterocycles. The van der Waals surface area contributed by atoms with Crippen LogP contribution >= 0.6 is 22.7 Å². The molecule has 33 heavy (non-hydrogen) atoms. The van der Waals surface area contributed by atoms with Crippen LogP contribution in [0.3, 0.4) is 0 Å². The SMILES string of the molecule is COC(=O)c1cc2c(cc1-c1cc(OC)c(-c3cccs3)cc1C=O)OCCc1ccsc1-2. The lowest BCUT2D eigenvalue weighted by Crippen LogP contribution is -2.06. The Labute approximate surface area is 199 Å². The zero-order valence-corrected chi connectivity index (χ0v) is 19.7. The van der Waals surface area contributed by atoms with Crippen molar-refractivity contribution in [3.8, 4) is 43.5 Å². The third-order valence-corrected chi connectivity index (χ3v) is 7.61. The van der Waals surface area contributed by atoms with Crippen molar-refractivity contribution in [3.05, 3.63) is 69.9 Å². The second kappa shape index (κ2) is 8.84. The van der Waals surface area contributed by atoms with E-state index in [1.54, 1.807) is 41.9 Å². The number of carbonyl (C=O) groups excluding carboxylic acids is 2. The van der Waals surface area contributed by atoms with Crippen molar-refractivity contribution >= 4 is 34.9 Å². The van der Waals surface area contributed by atoms with E-state index in [0.717, 1.165) is 33.6 Å².